The minimum absolute atomic E-state index is 0.349. The molecule has 3 aromatic rings. The van der Waals surface area contributed by atoms with E-state index < -0.39 is 11.7 Å². The molecule has 0 spiro atoms. The van der Waals surface area contributed by atoms with E-state index in [9.17, 15) is 13.2 Å². The lowest BCUT2D eigenvalue weighted by Gasteiger charge is -2.12. The van der Waals surface area contributed by atoms with E-state index in [1.165, 1.54) is 29.2 Å². The average Bonchev–Trinajstić information content (AvgIpc) is 3.03. The molecule has 0 bridgehead atoms. The van der Waals surface area contributed by atoms with E-state index in [2.05, 4.69) is 10.2 Å². The molecule has 0 aliphatic heterocycles. The highest BCUT2D eigenvalue weighted by Gasteiger charge is 2.30. The molecule has 0 aliphatic carbocycles. The minimum Gasteiger partial charge on any atom is -0.429 e. The highest BCUT2D eigenvalue weighted by Crippen LogP contribution is 2.38. The number of alkyl halides is 3. The molecule has 0 saturated carbocycles. The van der Waals surface area contributed by atoms with Gasteiger partial charge in [0.05, 0.1) is 5.56 Å². The molecule has 0 atom stereocenters. The first-order chi connectivity index (χ1) is 11.9. The number of benzene rings is 2. The third-order valence-corrected chi connectivity index (χ3v) is 5.17. The van der Waals surface area contributed by atoms with E-state index in [0.29, 0.717) is 22.1 Å². The van der Waals surface area contributed by atoms with Crippen molar-refractivity contribution >= 4 is 23.1 Å². The van der Waals surface area contributed by atoms with Crippen molar-refractivity contribution in [2.45, 2.75) is 17.4 Å². The van der Waals surface area contributed by atoms with E-state index >= 15 is 0 Å². The van der Waals surface area contributed by atoms with Gasteiger partial charge in [0.2, 0.25) is 0 Å². The number of nitrogens with zero attached hydrogens (tertiary/aromatic N) is 2. The van der Waals surface area contributed by atoms with Crippen LogP contribution >= 0.6 is 23.1 Å². The predicted molar refractivity (Wildman–Crippen MR) is 93.4 cm³/mol. The lowest BCUT2D eigenvalue weighted by molar-refractivity contribution is -0.137. The van der Waals surface area contributed by atoms with Gasteiger partial charge in [-0.05, 0) is 54.3 Å². The van der Waals surface area contributed by atoms with Crippen LogP contribution in [0.25, 0.3) is 11.1 Å². The third-order valence-electron chi connectivity index (χ3n) is 3.40. The average molecular weight is 382 g/mol. The van der Waals surface area contributed by atoms with Crippen molar-refractivity contribution in [3.63, 3.8) is 0 Å². The number of aryl methyl sites for hydroxylation is 1. The van der Waals surface area contributed by atoms with Crippen LogP contribution < -0.4 is 4.74 Å². The molecule has 0 aliphatic rings. The quantitative estimate of drug-likeness (QED) is 0.515. The molecule has 3 rings (SSSR count). The first-order valence-corrected chi connectivity index (χ1v) is 9.24. The fraction of sp³-hybridized carbons (Fsp3) is 0.176. The van der Waals surface area contributed by atoms with Gasteiger partial charge in [0.25, 0.3) is 5.19 Å². The van der Waals surface area contributed by atoms with Crippen LogP contribution in [0.1, 0.15) is 11.1 Å². The van der Waals surface area contributed by atoms with Crippen molar-refractivity contribution in [3.05, 3.63) is 53.6 Å². The number of halogens is 3. The molecule has 0 radical (unpaired) electrons. The second-order valence-electron chi connectivity index (χ2n) is 5.22. The molecule has 0 unspecified atom stereocenters. The van der Waals surface area contributed by atoms with Crippen molar-refractivity contribution < 1.29 is 17.9 Å². The summed E-state index contributed by atoms with van der Waals surface area (Å²) in [6.07, 6.45) is -2.52. The normalized spacial score (nSPS) is 11.6. The molecule has 25 heavy (non-hydrogen) atoms. The fourth-order valence-electron chi connectivity index (χ4n) is 2.24. The highest BCUT2D eigenvalue weighted by molar-refractivity contribution is 8.00. The van der Waals surface area contributed by atoms with Gasteiger partial charge in [0.15, 0.2) is 4.34 Å². The maximum absolute atomic E-state index is 13.0. The Bertz CT molecular complexity index is 894. The topological polar surface area (TPSA) is 35.0 Å². The number of hydrogen-bond donors (Lipinski definition) is 0. The Hall–Kier alpha value is -2.06. The molecule has 1 aromatic heterocycles. The zero-order valence-electron chi connectivity index (χ0n) is 13.3. The van der Waals surface area contributed by atoms with Crippen LogP contribution in [-0.4, -0.2) is 16.5 Å². The van der Waals surface area contributed by atoms with Crippen molar-refractivity contribution in [2.24, 2.45) is 0 Å². The second kappa shape index (κ2) is 7.05. The molecule has 0 saturated heterocycles. The largest absolute Gasteiger partial charge is 0.429 e. The smallest absolute Gasteiger partial charge is 0.416 e. The third kappa shape index (κ3) is 4.13. The molecular weight excluding hydrogens is 369 g/mol. The molecule has 3 nitrogen and oxygen atoms in total. The van der Waals surface area contributed by atoms with Gasteiger partial charge >= 0.3 is 6.18 Å². The highest BCUT2D eigenvalue weighted by atomic mass is 32.2. The molecule has 0 fully saturated rings. The van der Waals surface area contributed by atoms with Gasteiger partial charge < -0.3 is 4.74 Å². The van der Waals surface area contributed by atoms with Crippen LogP contribution in [0, 0.1) is 6.92 Å². The van der Waals surface area contributed by atoms with Crippen LogP contribution in [-0.2, 0) is 6.18 Å². The van der Waals surface area contributed by atoms with Gasteiger partial charge in [-0.15, -0.1) is 5.10 Å². The van der Waals surface area contributed by atoms with Gasteiger partial charge in [0, 0.05) is 5.56 Å². The van der Waals surface area contributed by atoms with Crippen molar-refractivity contribution in [3.8, 4) is 22.1 Å². The van der Waals surface area contributed by atoms with Crippen LogP contribution in [0.3, 0.4) is 0 Å². The standard InChI is InChI=1S/C17H13F3N2OS2/c1-10-6-7-14(23-15-21-22-16(24-2)25-15)13(8-10)11-4-3-5-12(9-11)17(18,19)20/h3-9H,1-2H3. The second-order valence-corrected chi connectivity index (χ2v) is 7.21. The van der Waals surface area contributed by atoms with Crippen molar-refractivity contribution in [1.82, 2.24) is 10.2 Å². The van der Waals surface area contributed by atoms with Gasteiger partial charge in [-0.1, -0.05) is 40.6 Å². The zero-order chi connectivity index (χ0) is 18.0. The summed E-state index contributed by atoms with van der Waals surface area (Å²) in [5, 5.41) is 8.25. The Morgan fingerprint density at radius 1 is 1.08 bits per heavy atom. The molecular formula is C17H13F3N2OS2. The van der Waals surface area contributed by atoms with Crippen molar-refractivity contribution in [2.75, 3.05) is 6.26 Å². The molecule has 130 valence electrons. The summed E-state index contributed by atoms with van der Waals surface area (Å²) in [6, 6.07) is 10.5. The summed E-state index contributed by atoms with van der Waals surface area (Å²) in [7, 11) is 0. The Labute approximate surface area is 150 Å². The number of aromatic nitrogens is 2. The monoisotopic (exact) mass is 382 g/mol. The Morgan fingerprint density at radius 3 is 2.56 bits per heavy atom. The van der Waals surface area contributed by atoms with Crippen LogP contribution in [0.5, 0.6) is 10.9 Å². The van der Waals surface area contributed by atoms with E-state index in [0.717, 1.165) is 22.0 Å². The summed E-state index contributed by atoms with van der Waals surface area (Å²) in [6.45, 7) is 1.87. The Balaban J connectivity index is 2.02. The molecule has 0 N–H and O–H groups in total. The predicted octanol–water partition coefficient (Wildman–Crippen LogP) is 6.05. The number of thioether (sulfide) groups is 1. The molecule has 8 heteroatoms. The molecule has 2 aromatic carbocycles. The lowest BCUT2D eigenvalue weighted by Crippen LogP contribution is -2.04. The van der Waals surface area contributed by atoms with E-state index in [1.54, 1.807) is 18.2 Å². The van der Waals surface area contributed by atoms with Gasteiger partial charge in [-0.2, -0.15) is 13.2 Å². The van der Waals surface area contributed by atoms with Crippen LogP contribution in [0.15, 0.2) is 46.8 Å². The molecule has 1 heterocycles. The number of hydrogen-bond acceptors (Lipinski definition) is 5. The van der Waals surface area contributed by atoms with Gasteiger partial charge in [0.1, 0.15) is 5.75 Å². The van der Waals surface area contributed by atoms with E-state index in [4.69, 9.17) is 4.74 Å². The van der Waals surface area contributed by atoms with E-state index in [-0.39, 0.29) is 0 Å². The SMILES string of the molecule is CSc1nnc(Oc2ccc(C)cc2-c2cccc(C(F)(F)F)c2)s1. The first-order valence-electron chi connectivity index (χ1n) is 7.20. The summed E-state index contributed by atoms with van der Waals surface area (Å²) in [4.78, 5) is 0. The first kappa shape index (κ1) is 17.8. The number of ether oxygens (including phenoxy) is 1. The van der Waals surface area contributed by atoms with Crippen LogP contribution in [0.2, 0.25) is 0 Å². The fourth-order valence-corrected chi connectivity index (χ4v) is 3.35. The van der Waals surface area contributed by atoms with E-state index in [1.807, 2.05) is 19.2 Å². The zero-order valence-corrected chi connectivity index (χ0v) is 14.9. The summed E-state index contributed by atoms with van der Waals surface area (Å²) in [5.74, 6) is 0.439. The summed E-state index contributed by atoms with van der Waals surface area (Å²) >= 11 is 2.73. The van der Waals surface area contributed by atoms with Crippen molar-refractivity contribution in [1.29, 1.82) is 0 Å². The Morgan fingerprint density at radius 2 is 1.88 bits per heavy atom. The van der Waals surface area contributed by atoms with Gasteiger partial charge in [-0.3, -0.25) is 0 Å². The maximum Gasteiger partial charge on any atom is 0.416 e. The summed E-state index contributed by atoms with van der Waals surface area (Å²) < 4.78 is 45.5. The van der Waals surface area contributed by atoms with Gasteiger partial charge in [-0.25, -0.2) is 0 Å². The molecule has 0 amide bonds. The maximum atomic E-state index is 13.0. The van der Waals surface area contributed by atoms with Crippen LogP contribution in [0.4, 0.5) is 13.2 Å². The number of rotatable bonds is 4. The summed E-state index contributed by atoms with van der Waals surface area (Å²) in [5.41, 5.74) is 1.23. The Kier molecular flexibility index (Phi) is 5.01. The minimum atomic E-state index is -4.40. The lowest BCUT2D eigenvalue weighted by atomic mass is 10.00.